The first-order valence-electron chi connectivity index (χ1n) is 8.78. The van der Waals surface area contributed by atoms with Crippen LogP contribution >= 0.6 is 0 Å². The third-order valence-electron chi connectivity index (χ3n) is 5.81. The van der Waals surface area contributed by atoms with Gasteiger partial charge in [0.15, 0.2) is 0 Å². The quantitative estimate of drug-likeness (QED) is 0.796. The maximum atomic E-state index is 12.4. The van der Waals surface area contributed by atoms with E-state index < -0.39 is 0 Å². The van der Waals surface area contributed by atoms with Crippen LogP contribution in [0.4, 0.5) is 5.69 Å². The summed E-state index contributed by atoms with van der Waals surface area (Å²) in [4.78, 5) is 28.6. The minimum atomic E-state index is -0.235. The van der Waals surface area contributed by atoms with Crippen LogP contribution in [0.3, 0.4) is 0 Å². The normalized spacial score (nSPS) is 34.1. The molecule has 1 aromatic rings. The zero-order valence-corrected chi connectivity index (χ0v) is 14.3. The van der Waals surface area contributed by atoms with Crippen LogP contribution in [0.5, 0.6) is 0 Å². The fourth-order valence-electron chi connectivity index (χ4n) is 4.53. The Morgan fingerprint density at radius 3 is 2.25 bits per heavy atom. The predicted octanol–water partition coefficient (Wildman–Crippen LogP) is 2.10. The molecule has 4 fully saturated rings. The van der Waals surface area contributed by atoms with Gasteiger partial charge in [0.1, 0.15) is 11.9 Å². The molecule has 0 saturated carbocycles. The third kappa shape index (κ3) is 2.71. The second-order valence-corrected chi connectivity index (χ2v) is 7.55. The van der Waals surface area contributed by atoms with Crippen LogP contribution in [0.25, 0.3) is 0 Å². The van der Waals surface area contributed by atoms with E-state index in [2.05, 4.69) is 4.90 Å². The maximum Gasteiger partial charge on any atom is 0.338 e. The predicted molar refractivity (Wildman–Crippen MR) is 91.2 cm³/mol. The number of hydrogen-bond acceptors (Lipinski definition) is 5. The van der Waals surface area contributed by atoms with E-state index in [1.807, 2.05) is 43.3 Å². The number of piperidine rings is 4. The number of hydrogen-bond donors (Lipinski definition) is 0. The summed E-state index contributed by atoms with van der Waals surface area (Å²) in [5.74, 6) is 0.417. The Kier molecular flexibility index (Phi) is 3.83. The summed E-state index contributed by atoms with van der Waals surface area (Å²) in [6.45, 7) is 0.604. The molecule has 2 unspecified atom stereocenters. The first-order valence-corrected chi connectivity index (χ1v) is 8.78. The van der Waals surface area contributed by atoms with Gasteiger partial charge < -0.3 is 9.64 Å². The van der Waals surface area contributed by atoms with Gasteiger partial charge >= 0.3 is 5.97 Å². The Morgan fingerprint density at radius 1 is 1.08 bits per heavy atom. The first-order chi connectivity index (χ1) is 11.5. The molecular formula is C19H24N2O3. The van der Waals surface area contributed by atoms with E-state index in [4.69, 9.17) is 4.74 Å². The molecule has 2 atom stereocenters. The van der Waals surface area contributed by atoms with Crippen LogP contribution in [0, 0.1) is 5.92 Å². The van der Waals surface area contributed by atoms with Crippen LogP contribution in [0.15, 0.2) is 24.3 Å². The molecule has 0 N–H and O–H groups in total. The summed E-state index contributed by atoms with van der Waals surface area (Å²) in [5.41, 5.74) is 1.67. The van der Waals surface area contributed by atoms with Crippen molar-refractivity contribution in [2.24, 2.45) is 5.92 Å². The molecule has 24 heavy (non-hydrogen) atoms. The molecule has 0 aliphatic carbocycles. The minimum absolute atomic E-state index is 0.0218. The number of fused-ring (bicyclic) bond motifs is 1. The second kappa shape index (κ2) is 5.88. The largest absolute Gasteiger partial charge is 0.459 e. The summed E-state index contributed by atoms with van der Waals surface area (Å²) in [7, 11) is 3.95. The number of esters is 1. The monoisotopic (exact) mass is 328 g/mol. The molecule has 0 radical (unpaired) electrons. The van der Waals surface area contributed by atoms with E-state index in [0.29, 0.717) is 30.0 Å². The Hall–Kier alpha value is -1.88. The van der Waals surface area contributed by atoms with Crippen LogP contribution in [-0.4, -0.2) is 55.5 Å². The highest BCUT2D eigenvalue weighted by molar-refractivity contribution is 5.90. The number of carbonyl (C=O) groups is 2. The lowest BCUT2D eigenvalue weighted by atomic mass is 9.72. The van der Waals surface area contributed by atoms with E-state index in [-0.39, 0.29) is 18.0 Å². The van der Waals surface area contributed by atoms with Gasteiger partial charge in [-0.1, -0.05) is 0 Å². The van der Waals surface area contributed by atoms with Crippen molar-refractivity contribution in [3.8, 4) is 0 Å². The van der Waals surface area contributed by atoms with Gasteiger partial charge in [-0.25, -0.2) is 4.79 Å². The fourth-order valence-corrected chi connectivity index (χ4v) is 4.53. The number of Topliss-reactive ketones (excluding diaryl/α,β-unsaturated/α-hetero) is 1. The van der Waals surface area contributed by atoms with Gasteiger partial charge in [-0.2, -0.15) is 0 Å². The smallest absolute Gasteiger partial charge is 0.338 e. The van der Waals surface area contributed by atoms with Crippen molar-refractivity contribution in [1.82, 2.24) is 4.90 Å². The highest BCUT2D eigenvalue weighted by Crippen LogP contribution is 2.42. The molecule has 4 aliphatic rings. The van der Waals surface area contributed by atoms with E-state index in [9.17, 15) is 9.59 Å². The highest BCUT2D eigenvalue weighted by Gasteiger charge is 2.49. The minimum Gasteiger partial charge on any atom is -0.459 e. The molecule has 5 heteroatoms. The average molecular weight is 328 g/mol. The fraction of sp³-hybridized carbons (Fsp3) is 0.579. The van der Waals surface area contributed by atoms with Gasteiger partial charge in [0.05, 0.1) is 12.1 Å². The average Bonchev–Trinajstić information content (AvgIpc) is 2.55. The number of ether oxygens (including phenoxy) is 1. The summed E-state index contributed by atoms with van der Waals surface area (Å²) in [6, 6.07) is 8.34. The Morgan fingerprint density at radius 2 is 1.71 bits per heavy atom. The van der Waals surface area contributed by atoms with Crippen molar-refractivity contribution >= 4 is 17.4 Å². The van der Waals surface area contributed by atoms with Gasteiger partial charge in [-0.3, -0.25) is 9.69 Å². The zero-order chi connectivity index (χ0) is 16.8. The highest BCUT2D eigenvalue weighted by atomic mass is 16.5. The number of benzene rings is 1. The van der Waals surface area contributed by atoms with Crippen LogP contribution in [0.2, 0.25) is 0 Å². The van der Waals surface area contributed by atoms with E-state index in [0.717, 1.165) is 31.4 Å². The van der Waals surface area contributed by atoms with Crippen molar-refractivity contribution in [2.45, 2.75) is 43.9 Å². The lowest BCUT2D eigenvalue weighted by molar-refractivity contribution is -0.145. The molecule has 0 amide bonds. The molecule has 4 bridgehead atoms. The number of rotatable bonds is 3. The molecule has 4 aliphatic heterocycles. The van der Waals surface area contributed by atoms with Crippen molar-refractivity contribution in [1.29, 1.82) is 0 Å². The van der Waals surface area contributed by atoms with E-state index in [1.54, 1.807) is 0 Å². The molecule has 128 valence electrons. The van der Waals surface area contributed by atoms with E-state index >= 15 is 0 Å². The van der Waals surface area contributed by atoms with Crippen molar-refractivity contribution in [2.75, 3.05) is 25.5 Å². The van der Waals surface area contributed by atoms with Gasteiger partial charge in [0.2, 0.25) is 0 Å². The van der Waals surface area contributed by atoms with Gasteiger partial charge in [-0.15, -0.1) is 0 Å². The molecule has 4 heterocycles. The Bertz CT molecular complexity index is 639. The van der Waals surface area contributed by atoms with Gasteiger partial charge in [0.25, 0.3) is 0 Å². The molecule has 0 aromatic heterocycles. The van der Waals surface area contributed by atoms with Crippen molar-refractivity contribution in [3.05, 3.63) is 29.8 Å². The first kappa shape index (κ1) is 15.6. The van der Waals surface area contributed by atoms with Gasteiger partial charge in [-0.05, 0) is 37.1 Å². The summed E-state index contributed by atoms with van der Waals surface area (Å²) in [5, 5.41) is 0. The van der Waals surface area contributed by atoms with Crippen molar-refractivity contribution in [3.63, 3.8) is 0 Å². The lowest BCUT2D eigenvalue weighted by Crippen LogP contribution is -2.63. The maximum absolute atomic E-state index is 12.4. The molecule has 5 nitrogen and oxygen atoms in total. The molecule has 4 saturated heterocycles. The number of anilines is 1. The lowest BCUT2D eigenvalue weighted by Gasteiger charge is -2.54. The zero-order valence-electron chi connectivity index (χ0n) is 14.3. The Balaban J connectivity index is 1.40. The second-order valence-electron chi connectivity index (χ2n) is 7.55. The summed E-state index contributed by atoms with van der Waals surface area (Å²) in [6.07, 6.45) is 3.59. The van der Waals surface area contributed by atoms with Crippen LogP contribution < -0.4 is 4.90 Å². The van der Waals surface area contributed by atoms with Crippen LogP contribution in [-0.2, 0) is 9.53 Å². The third-order valence-corrected chi connectivity index (χ3v) is 5.81. The van der Waals surface area contributed by atoms with Gasteiger partial charge in [0, 0.05) is 50.6 Å². The summed E-state index contributed by atoms with van der Waals surface area (Å²) < 4.78 is 5.78. The SMILES string of the molecule is CN(C)c1ccc(C(=O)OC2CC3CC4CC(C2)N3CC4=O)cc1. The standard InChI is InChI=1S/C19H24N2O3/c1-20(2)14-5-3-12(4-6-14)19(23)24-17-9-15-7-13-8-16(10-17)21(15)11-18(13)22/h3-6,13,15-17H,7-11H2,1-2H3. The van der Waals surface area contributed by atoms with Crippen LogP contribution in [0.1, 0.15) is 36.0 Å². The summed E-state index contributed by atoms with van der Waals surface area (Å²) >= 11 is 0. The Labute approximate surface area is 142 Å². The van der Waals surface area contributed by atoms with E-state index in [1.165, 1.54) is 0 Å². The topological polar surface area (TPSA) is 49.9 Å². The molecule has 5 rings (SSSR count). The molecule has 0 spiro atoms. The number of nitrogens with zero attached hydrogens (tertiary/aromatic N) is 2. The molecule has 1 aromatic carbocycles. The van der Waals surface area contributed by atoms with Crippen molar-refractivity contribution < 1.29 is 14.3 Å². The number of ketones is 1. The number of carbonyl (C=O) groups excluding carboxylic acids is 2. The molecular weight excluding hydrogens is 304 g/mol.